The fourth-order valence-electron chi connectivity index (χ4n) is 2.23. The van der Waals surface area contributed by atoms with Crippen molar-refractivity contribution in [3.8, 4) is 17.0 Å². The number of hydrogen-bond donors (Lipinski definition) is 3. The third-order valence-corrected chi connectivity index (χ3v) is 3.66. The maximum atomic E-state index is 12.2. The van der Waals surface area contributed by atoms with E-state index in [0.717, 1.165) is 11.3 Å². The Kier molecular flexibility index (Phi) is 5.98. The maximum absolute atomic E-state index is 12.2. The number of nitrogens with zero attached hydrogens (tertiary/aromatic N) is 1. The first-order chi connectivity index (χ1) is 11.4. The number of hydrogen-bond acceptors (Lipinski definition) is 4. The standard InChI is InChI=1S/C18H25N3O3/c1-11(2)17(10-22)19-18(23)16-9-15(20-21-16)13-5-7-14(8-6-13)24-12(3)4/h5-9,11-12,17,22H,10H2,1-4H3,(H,19,23)(H,20,21). The number of benzene rings is 1. The van der Waals surface area contributed by atoms with Crippen molar-refractivity contribution in [2.24, 2.45) is 5.92 Å². The van der Waals surface area contributed by atoms with Crippen LogP contribution in [0.5, 0.6) is 5.75 Å². The molecule has 6 nitrogen and oxygen atoms in total. The summed E-state index contributed by atoms with van der Waals surface area (Å²) in [6.07, 6.45) is 0.122. The number of carbonyl (C=O) groups is 1. The van der Waals surface area contributed by atoms with Gasteiger partial charge in [0, 0.05) is 5.56 Å². The largest absolute Gasteiger partial charge is 0.491 e. The molecule has 1 aromatic heterocycles. The van der Waals surface area contributed by atoms with Crippen molar-refractivity contribution >= 4 is 5.91 Å². The minimum absolute atomic E-state index is 0.0955. The van der Waals surface area contributed by atoms with Crippen LogP contribution in [-0.2, 0) is 0 Å². The lowest BCUT2D eigenvalue weighted by Gasteiger charge is -2.19. The Labute approximate surface area is 142 Å². The number of carbonyl (C=O) groups excluding carboxylic acids is 1. The van der Waals surface area contributed by atoms with Gasteiger partial charge in [0.1, 0.15) is 11.4 Å². The summed E-state index contributed by atoms with van der Waals surface area (Å²) >= 11 is 0. The lowest BCUT2D eigenvalue weighted by Crippen LogP contribution is -2.41. The molecule has 6 heteroatoms. The lowest BCUT2D eigenvalue weighted by atomic mass is 10.1. The average molecular weight is 331 g/mol. The SMILES string of the molecule is CC(C)Oc1ccc(-c2cc(C(=O)NC(CO)C(C)C)[nH]n2)cc1. The van der Waals surface area contributed by atoms with E-state index in [1.54, 1.807) is 6.07 Å². The van der Waals surface area contributed by atoms with Gasteiger partial charge < -0.3 is 15.2 Å². The molecule has 0 saturated heterocycles. The second-order valence-electron chi connectivity index (χ2n) is 6.36. The summed E-state index contributed by atoms with van der Waals surface area (Å²) in [7, 11) is 0. The summed E-state index contributed by atoms with van der Waals surface area (Å²) in [5.41, 5.74) is 1.94. The molecule has 1 aromatic carbocycles. The van der Waals surface area contributed by atoms with Gasteiger partial charge in [0.2, 0.25) is 0 Å². The van der Waals surface area contributed by atoms with Gasteiger partial charge in [0.05, 0.1) is 24.4 Å². The minimum Gasteiger partial charge on any atom is -0.491 e. The van der Waals surface area contributed by atoms with Gasteiger partial charge in [-0.1, -0.05) is 13.8 Å². The molecule has 2 aromatic rings. The average Bonchev–Trinajstić information content (AvgIpc) is 3.02. The number of amides is 1. The lowest BCUT2D eigenvalue weighted by molar-refractivity contribution is 0.0891. The van der Waals surface area contributed by atoms with Gasteiger partial charge in [0.25, 0.3) is 5.91 Å². The van der Waals surface area contributed by atoms with Gasteiger partial charge in [-0.05, 0) is 50.1 Å². The van der Waals surface area contributed by atoms with E-state index in [2.05, 4.69) is 15.5 Å². The molecule has 24 heavy (non-hydrogen) atoms. The van der Waals surface area contributed by atoms with E-state index in [9.17, 15) is 9.90 Å². The minimum atomic E-state index is -0.281. The van der Waals surface area contributed by atoms with Crippen LogP contribution in [-0.4, -0.2) is 40.0 Å². The van der Waals surface area contributed by atoms with E-state index in [4.69, 9.17) is 4.74 Å². The summed E-state index contributed by atoms with van der Waals surface area (Å²) in [6.45, 7) is 7.75. The molecule has 0 saturated carbocycles. The molecular weight excluding hydrogens is 306 g/mol. The number of aliphatic hydroxyl groups excluding tert-OH is 1. The highest BCUT2D eigenvalue weighted by Crippen LogP contribution is 2.22. The highest BCUT2D eigenvalue weighted by atomic mass is 16.5. The predicted octanol–water partition coefficient (Wildman–Crippen LogP) is 2.61. The molecule has 0 aliphatic rings. The van der Waals surface area contributed by atoms with Crippen LogP contribution in [0.2, 0.25) is 0 Å². The summed E-state index contributed by atoms with van der Waals surface area (Å²) in [5, 5.41) is 19.0. The van der Waals surface area contributed by atoms with Gasteiger partial charge in [-0.3, -0.25) is 9.89 Å². The molecular formula is C18H25N3O3. The Balaban J connectivity index is 2.08. The number of rotatable bonds is 7. The number of aromatic amines is 1. The Morgan fingerprint density at radius 1 is 1.25 bits per heavy atom. The van der Waals surface area contributed by atoms with E-state index in [-0.39, 0.29) is 30.6 Å². The number of aliphatic hydroxyl groups is 1. The zero-order valence-corrected chi connectivity index (χ0v) is 14.5. The molecule has 1 unspecified atom stereocenters. The van der Waals surface area contributed by atoms with Crippen LogP contribution in [0.4, 0.5) is 0 Å². The van der Waals surface area contributed by atoms with Crippen LogP contribution in [0.3, 0.4) is 0 Å². The molecule has 1 heterocycles. The summed E-state index contributed by atoms with van der Waals surface area (Å²) in [6, 6.07) is 8.98. The van der Waals surface area contributed by atoms with E-state index >= 15 is 0 Å². The smallest absolute Gasteiger partial charge is 0.269 e. The first kappa shape index (κ1) is 18.0. The molecule has 0 radical (unpaired) electrons. The van der Waals surface area contributed by atoms with Gasteiger partial charge in [-0.15, -0.1) is 0 Å². The number of nitrogens with one attached hydrogen (secondary N) is 2. The van der Waals surface area contributed by atoms with E-state index in [1.807, 2.05) is 52.0 Å². The summed E-state index contributed by atoms with van der Waals surface area (Å²) in [4.78, 5) is 12.2. The molecule has 0 fully saturated rings. The molecule has 0 aliphatic heterocycles. The first-order valence-electron chi connectivity index (χ1n) is 8.15. The summed E-state index contributed by atoms with van der Waals surface area (Å²) < 4.78 is 5.61. The number of ether oxygens (including phenoxy) is 1. The Morgan fingerprint density at radius 2 is 1.92 bits per heavy atom. The van der Waals surface area contributed by atoms with Crippen LogP contribution >= 0.6 is 0 Å². The maximum Gasteiger partial charge on any atom is 0.269 e. The molecule has 0 spiro atoms. The van der Waals surface area contributed by atoms with Crippen molar-refractivity contribution in [1.82, 2.24) is 15.5 Å². The molecule has 130 valence electrons. The quantitative estimate of drug-likeness (QED) is 0.728. The first-order valence-corrected chi connectivity index (χ1v) is 8.15. The van der Waals surface area contributed by atoms with Crippen molar-refractivity contribution < 1.29 is 14.6 Å². The molecule has 0 aliphatic carbocycles. The molecule has 3 N–H and O–H groups in total. The zero-order chi connectivity index (χ0) is 17.7. The number of H-pyrrole nitrogens is 1. The molecule has 1 amide bonds. The fourth-order valence-corrected chi connectivity index (χ4v) is 2.23. The summed E-state index contributed by atoms with van der Waals surface area (Å²) in [5.74, 6) is 0.668. The van der Waals surface area contributed by atoms with Crippen LogP contribution < -0.4 is 10.1 Å². The third kappa shape index (κ3) is 4.58. The third-order valence-electron chi connectivity index (χ3n) is 3.66. The van der Waals surface area contributed by atoms with E-state index in [1.165, 1.54) is 0 Å². The topological polar surface area (TPSA) is 87.2 Å². The van der Waals surface area contributed by atoms with Crippen LogP contribution in [0.25, 0.3) is 11.3 Å². The van der Waals surface area contributed by atoms with Crippen molar-refractivity contribution in [3.05, 3.63) is 36.0 Å². The van der Waals surface area contributed by atoms with Crippen molar-refractivity contribution in [2.75, 3.05) is 6.61 Å². The number of aromatic nitrogens is 2. The van der Waals surface area contributed by atoms with Crippen LogP contribution in [0.15, 0.2) is 30.3 Å². The van der Waals surface area contributed by atoms with Crippen LogP contribution in [0.1, 0.15) is 38.2 Å². The Bertz CT molecular complexity index is 662. The monoisotopic (exact) mass is 331 g/mol. The van der Waals surface area contributed by atoms with Gasteiger partial charge in [-0.2, -0.15) is 5.10 Å². The highest BCUT2D eigenvalue weighted by Gasteiger charge is 2.18. The van der Waals surface area contributed by atoms with Gasteiger partial charge in [0.15, 0.2) is 0 Å². The predicted molar refractivity (Wildman–Crippen MR) is 93.0 cm³/mol. The van der Waals surface area contributed by atoms with Gasteiger partial charge in [-0.25, -0.2) is 0 Å². The van der Waals surface area contributed by atoms with Crippen molar-refractivity contribution in [1.29, 1.82) is 0 Å². The van der Waals surface area contributed by atoms with Crippen molar-refractivity contribution in [3.63, 3.8) is 0 Å². The Morgan fingerprint density at radius 3 is 2.46 bits per heavy atom. The van der Waals surface area contributed by atoms with Crippen molar-refractivity contribution in [2.45, 2.75) is 39.8 Å². The fraction of sp³-hybridized carbons (Fsp3) is 0.444. The zero-order valence-electron chi connectivity index (χ0n) is 14.5. The normalized spacial score (nSPS) is 12.5. The second-order valence-corrected chi connectivity index (χ2v) is 6.36. The van der Waals surface area contributed by atoms with E-state index in [0.29, 0.717) is 11.4 Å². The Hall–Kier alpha value is -2.34. The van der Waals surface area contributed by atoms with Gasteiger partial charge >= 0.3 is 0 Å². The van der Waals surface area contributed by atoms with E-state index < -0.39 is 0 Å². The second kappa shape index (κ2) is 7.97. The molecule has 2 rings (SSSR count). The van der Waals surface area contributed by atoms with Crippen LogP contribution in [0, 0.1) is 5.92 Å². The molecule has 1 atom stereocenters. The molecule has 0 bridgehead atoms. The highest BCUT2D eigenvalue weighted by molar-refractivity contribution is 5.93.